The lowest BCUT2D eigenvalue weighted by Crippen LogP contribution is -2.49. The molecule has 49 heavy (non-hydrogen) atoms. The predicted octanol–water partition coefficient (Wildman–Crippen LogP) is -0.720. The molecule has 0 bridgehead atoms. The summed E-state index contributed by atoms with van der Waals surface area (Å²) in [5, 5.41) is 30.7. The summed E-state index contributed by atoms with van der Waals surface area (Å²) in [5.74, 6) is -3.47. The van der Waals surface area contributed by atoms with Gasteiger partial charge in [-0.05, 0) is 18.1 Å². The lowest BCUT2D eigenvalue weighted by molar-refractivity contribution is -0.140. The summed E-state index contributed by atoms with van der Waals surface area (Å²) in [6, 6.07) is 17.4. The molecular formula is C33H49N7O9. The molecule has 1 aliphatic rings. The van der Waals surface area contributed by atoms with Crippen molar-refractivity contribution < 1.29 is 44.1 Å². The van der Waals surface area contributed by atoms with E-state index >= 15 is 0 Å². The Labute approximate surface area is 286 Å². The van der Waals surface area contributed by atoms with Crippen LogP contribution in [0.2, 0.25) is 0 Å². The van der Waals surface area contributed by atoms with Crippen LogP contribution in [0, 0.1) is 6.92 Å². The minimum absolute atomic E-state index is 0.0607. The number of amides is 2. The van der Waals surface area contributed by atoms with Crippen molar-refractivity contribution in [3.8, 4) is 0 Å². The third kappa shape index (κ3) is 19.2. The number of benzene rings is 2. The van der Waals surface area contributed by atoms with Crippen LogP contribution in [-0.4, -0.2) is 150 Å². The summed E-state index contributed by atoms with van der Waals surface area (Å²) in [6.45, 7) is 5.07. The molecule has 3 rings (SSSR count). The van der Waals surface area contributed by atoms with Crippen molar-refractivity contribution in [3.05, 3.63) is 71.3 Å². The van der Waals surface area contributed by atoms with Crippen LogP contribution in [-0.2, 0) is 42.0 Å². The molecule has 0 spiro atoms. The van der Waals surface area contributed by atoms with Crippen LogP contribution < -0.4 is 16.5 Å². The van der Waals surface area contributed by atoms with Crippen LogP contribution in [0.25, 0.3) is 0 Å². The second-order valence-electron chi connectivity index (χ2n) is 11.6. The van der Waals surface area contributed by atoms with Crippen LogP contribution >= 0.6 is 0 Å². The van der Waals surface area contributed by atoms with Crippen LogP contribution in [0.15, 0.2) is 54.6 Å². The molecule has 0 atom stereocenters. The number of nitrogens with two attached hydrogens (primary N) is 1. The SMILES string of the molecule is Cc1ccc(CNC(=O)CN2CCN(CC(=O)O)CCN(CC(=O)O)CCN(CC(=O)O)CC2)cc1.NCC(=O)NOCc1ccccc1. The zero-order chi connectivity index (χ0) is 36.0. The highest BCUT2D eigenvalue weighted by atomic mass is 16.6. The fourth-order valence-electron chi connectivity index (χ4n) is 4.77. The molecule has 2 aromatic carbocycles. The summed E-state index contributed by atoms with van der Waals surface area (Å²) in [4.78, 5) is 69.2. The number of hydrogen-bond donors (Lipinski definition) is 6. The number of rotatable bonds is 14. The summed E-state index contributed by atoms with van der Waals surface area (Å²) >= 11 is 0. The Kier molecular flexibility index (Phi) is 19.1. The first kappa shape index (κ1) is 40.7. The smallest absolute Gasteiger partial charge is 0.317 e. The number of carboxylic acids is 3. The van der Waals surface area contributed by atoms with E-state index in [0.717, 1.165) is 16.7 Å². The van der Waals surface area contributed by atoms with E-state index in [4.69, 9.17) is 10.6 Å². The molecule has 0 saturated carbocycles. The maximum atomic E-state index is 12.7. The van der Waals surface area contributed by atoms with Gasteiger partial charge in [-0.25, -0.2) is 5.48 Å². The van der Waals surface area contributed by atoms with Gasteiger partial charge in [-0.2, -0.15) is 0 Å². The topological polar surface area (TPSA) is 218 Å². The Morgan fingerprint density at radius 3 is 1.47 bits per heavy atom. The van der Waals surface area contributed by atoms with Gasteiger partial charge in [0.05, 0.1) is 39.3 Å². The maximum absolute atomic E-state index is 12.7. The van der Waals surface area contributed by atoms with Crippen molar-refractivity contribution in [2.24, 2.45) is 5.73 Å². The van der Waals surface area contributed by atoms with Crippen molar-refractivity contribution in [2.75, 3.05) is 85.1 Å². The Morgan fingerprint density at radius 2 is 1.06 bits per heavy atom. The number of carbonyl (C=O) groups excluding carboxylic acids is 2. The van der Waals surface area contributed by atoms with Crippen molar-refractivity contribution in [1.82, 2.24) is 30.4 Å². The quantitative estimate of drug-likeness (QED) is 0.135. The zero-order valence-corrected chi connectivity index (χ0v) is 28.0. The molecule has 270 valence electrons. The summed E-state index contributed by atoms with van der Waals surface area (Å²) in [7, 11) is 0. The summed E-state index contributed by atoms with van der Waals surface area (Å²) in [5.41, 5.74) is 10.4. The first-order valence-electron chi connectivity index (χ1n) is 15.9. The Morgan fingerprint density at radius 1 is 0.633 bits per heavy atom. The summed E-state index contributed by atoms with van der Waals surface area (Å²) < 4.78 is 0. The number of carboxylic acid groups (broad SMARTS) is 3. The average Bonchev–Trinajstić information content (AvgIpc) is 3.05. The van der Waals surface area contributed by atoms with Gasteiger partial charge in [0.1, 0.15) is 0 Å². The third-order valence-electron chi connectivity index (χ3n) is 7.44. The monoisotopic (exact) mass is 687 g/mol. The van der Waals surface area contributed by atoms with E-state index in [1.807, 2.05) is 66.4 Å². The van der Waals surface area contributed by atoms with Gasteiger partial charge in [-0.15, -0.1) is 0 Å². The first-order chi connectivity index (χ1) is 23.4. The Hall–Kier alpha value is -4.45. The number of hydrogen-bond acceptors (Lipinski definition) is 11. The molecule has 16 heteroatoms. The van der Waals surface area contributed by atoms with Gasteiger partial charge in [-0.3, -0.25) is 48.4 Å². The van der Waals surface area contributed by atoms with E-state index in [1.54, 1.807) is 14.7 Å². The van der Waals surface area contributed by atoms with E-state index in [1.165, 1.54) is 0 Å². The zero-order valence-electron chi connectivity index (χ0n) is 28.0. The van der Waals surface area contributed by atoms with E-state index in [0.29, 0.717) is 65.5 Å². The minimum Gasteiger partial charge on any atom is -0.480 e. The van der Waals surface area contributed by atoms with Crippen LogP contribution in [0.3, 0.4) is 0 Å². The van der Waals surface area contributed by atoms with Gasteiger partial charge >= 0.3 is 17.9 Å². The second kappa shape index (κ2) is 23.0. The van der Waals surface area contributed by atoms with Crippen molar-refractivity contribution in [3.63, 3.8) is 0 Å². The van der Waals surface area contributed by atoms with Crippen LogP contribution in [0.4, 0.5) is 0 Å². The molecule has 0 aliphatic carbocycles. The second-order valence-corrected chi connectivity index (χ2v) is 11.6. The maximum Gasteiger partial charge on any atom is 0.317 e. The number of hydroxylamine groups is 1. The van der Waals surface area contributed by atoms with Crippen LogP contribution in [0.5, 0.6) is 0 Å². The lowest BCUT2D eigenvalue weighted by Gasteiger charge is -2.32. The Bertz CT molecular complexity index is 1280. The predicted molar refractivity (Wildman–Crippen MR) is 180 cm³/mol. The molecule has 1 heterocycles. The fourth-order valence-corrected chi connectivity index (χ4v) is 4.77. The van der Waals surface area contributed by atoms with Gasteiger partial charge in [-0.1, -0.05) is 60.2 Å². The Balaban J connectivity index is 0.000000535. The van der Waals surface area contributed by atoms with Crippen molar-refractivity contribution in [2.45, 2.75) is 20.1 Å². The molecular weight excluding hydrogens is 638 g/mol. The molecule has 7 N–H and O–H groups in total. The molecule has 2 amide bonds. The molecule has 1 saturated heterocycles. The van der Waals surface area contributed by atoms with Gasteiger partial charge in [0.2, 0.25) is 5.91 Å². The molecule has 1 aliphatic heterocycles. The number of aryl methyl sites for hydroxylation is 1. The largest absolute Gasteiger partial charge is 0.480 e. The normalized spacial score (nSPS) is 15.5. The van der Waals surface area contributed by atoms with Gasteiger partial charge < -0.3 is 26.4 Å². The number of aliphatic carboxylic acids is 3. The number of nitrogens with zero attached hydrogens (tertiary/aromatic N) is 4. The highest BCUT2D eigenvalue weighted by molar-refractivity contribution is 5.78. The van der Waals surface area contributed by atoms with Gasteiger partial charge in [0, 0.05) is 58.9 Å². The average molecular weight is 688 g/mol. The number of carbonyl (C=O) groups is 5. The van der Waals surface area contributed by atoms with E-state index in [2.05, 4.69) is 10.8 Å². The standard InChI is InChI=1S/C24H37N5O7.C9H12N2O2/c1-19-2-4-20(5-3-19)14-25-21(30)15-26-6-8-27(16-22(31)32)10-12-29(18-24(35)36)13-11-28(9-7-26)17-23(33)34;10-6-9(12)11-13-7-8-4-2-1-3-5-8/h2-5H,6-18H2,1H3,(H,25,30)(H,31,32)(H,33,34)(H,35,36);1-5H,6-7,10H2,(H,11,12). The molecule has 1 fully saturated rings. The first-order valence-corrected chi connectivity index (χ1v) is 15.9. The molecule has 0 unspecified atom stereocenters. The van der Waals surface area contributed by atoms with Gasteiger partial charge in [0.15, 0.2) is 0 Å². The molecule has 16 nitrogen and oxygen atoms in total. The van der Waals surface area contributed by atoms with Crippen LogP contribution in [0.1, 0.15) is 16.7 Å². The van der Waals surface area contributed by atoms with Gasteiger partial charge in [0.25, 0.3) is 5.91 Å². The summed E-state index contributed by atoms with van der Waals surface area (Å²) in [6.07, 6.45) is 0. The van der Waals surface area contributed by atoms with Crippen molar-refractivity contribution in [1.29, 1.82) is 0 Å². The highest BCUT2D eigenvalue weighted by Gasteiger charge is 2.21. The molecule has 2 aromatic rings. The molecule has 0 radical (unpaired) electrons. The van der Waals surface area contributed by atoms with E-state index in [9.17, 15) is 39.3 Å². The number of nitrogens with one attached hydrogen (secondary N) is 2. The van der Waals surface area contributed by atoms with Crippen molar-refractivity contribution >= 4 is 29.7 Å². The van der Waals surface area contributed by atoms with E-state index in [-0.39, 0.29) is 44.5 Å². The minimum atomic E-state index is -1.00. The lowest BCUT2D eigenvalue weighted by atomic mass is 10.1. The molecule has 0 aromatic heterocycles. The highest BCUT2D eigenvalue weighted by Crippen LogP contribution is 2.04. The fraction of sp³-hybridized carbons (Fsp3) is 0.485. The van der Waals surface area contributed by atoms with E-state index < -0.39 is 17.9 Å². The third-order valence-corrected chi connectivity index (χ3v) is 7.44.